The minimum atomic E-state index is 0.267. The molecule has 0 bridgehead atoms. The highest BCUT2D eigenvalue weighted by Gasteiger charge is 2.25. The van der Waals surface area contributed by atoms with Crippen LogP contribution in [0.5, 0.6) is 0 Å². The Hall–Kier alpha value is -0.560. The fraction of sp³-hybridized carbons (Fsp3) is 0.600. The molecule has 2 aliphatic carbocycles. The van der Waals surface area contributed by atoms with Crippen molar-refractivity contribution < 1.29 is 5.11 Å². The summed E-state index contributed by atoms with van der Waals surface area (Å²) in [5.41, 5.74) is 1.25. The SMILES string of the molecule is OCC1=CCC2C=CCC2C1. The van der Waals surface area contributed by atoms with Crippen LogP contribution < -0.4 is 0 Å². The van der Waals surface area contributed by atoms with E-state index < -0.39 is 0 Å². The standard InChI is InChI=1S/C10H14O/c11-7-8-4-5-9-2-1-3-10(9)6-8/h1-2,4,9-11H,3,5-7H2. The van der Waals surface area contributed by atoms with Gasteiger partial charge in [-0.3, -0.25) is 0 Å². The van der Waals surface area contributed by atoms with E-state index in [0.29, 0.717) is 0 Å². The Labute approximate surface area is 67.4 Å². The summed E-state index contributed by atoms with van der Waals surface area (Å²) in [4.78, 5) is 0. The van der Waals surface area contributed by atoms with Gasteiger partial charge in [0.25, 0.3) is 0 Å². The number of aliphatic hydroxyl groups is 1. The molecule has 0 heterocycles. The molecule has 1 nitrogen and oxygen atoms in total. The number of aliphatic hydroxyl groups excluding tert-OH is 1. The molecule has 2 unspecified atom stereocenters. The van der Waals surface area contributed by atoms with Gasteiger partial charge in [-0.1, -0.05) is 18.2 Å². The molecule has 0 radical (unpaired) electrons. The molecule has 0 saturated heterocycles. The molecular weight excluding hydrogens is 136 g/mol. The smallest absolute Gasteiger partial charge is 0.0641 e. The van der Waals surface area contributed by atoms with E-state index in [4.69, 9.17) is 5.11 Å². The molecule has 0 aromatic carbocycles. The summed E-state index contributed by atoms with van der Waals surface area (Å²) < 4.78 is 0. The third-order valence-electron chi connectivity index (χ3n) is 2.83. The van der Waals surface area contributed by atoms with Gasteiger partial charge < -0.3 is 5.11 Å². The van der Waals surface area contributed by atoms with Crippen LogP contribution >= 0.6 is 0 Å². The second-order valence-electron chi connectivity index (χ2n) is 3.55. The van der Waals surface area contributed by atoms with Gasteiger partial charge >= 0.3 is 0 Å². The first-order valence-electron chi connectivity index (χ1n) is 4.35. The summed E-state index contributed by atoms with van der Waals surface area (Å²) in [6, 6.07) is 0. The first kappa shape index (κ1) is 7.11. The van der Waals surface area contributed by atoms with Crippen LogP contribution in [0.25, 0.3) is 0 Å². The maximum absolute atomic E-state index is 8.92. The summed E-state index contributed by atoms with van der Waals surface area (Å²) in [7, 11) is 0. The van der Waals surface area contributed by atoms with Gasteiger partial charge in [0, 0.05) is 0 Å². The predicted octanol–water partition coefficient (Wildman–Crippen LogP) is 1.89. The quantitative estimate of drug-likeness (QED) is 0.566. The molecule has 60 valence electrons. The molecule has 0 amide bonds. The Balaban J connectivity index is 2.06. The largest absolute Gasteiger partial charge is 0.392 e. The predicted molar refractivity (Wildman–Crippen MR) is 45.1 cm³/mol. The van der Waals surface area contributed by atoms with Gasteiger partial charge in [0.05, 0.1) is 6.61 Å². The Kier molecular flexibility index (Phi) is 1.82. The van der Waals surface area contributed by atoms with Crippen LogP contribution in [0.3, 0.4) is 0 Å². The van der Waals surface area contributed by atoms with Crippen LogP contribution in [0.1, 0.15) is 19.3 Å². The summed E-state index contributed by atoms with van der Waals surface area (Å²) in [6.45, 7) is 0.267. The number of allylic oxidation sites excluding steroid dienone is 3. The highest BCUT2D eigenvalue weighted by molar-refractivity contribution is 5.15. The minimum absolute atomic E-state index is 0.267. The van der Waals surface area contributed by atoms with Gasteiger partial charge in [-0.05, 0) is 36.7 Å². The molecule has 0 fully saturated rings. The van der Waals surface area contributed by atoms with Crippen molar-refractivity contribution in [3.63, 3.8) is 0 Å². The van der Waals surface area contributed by atoms with Crippen LogP contribution in [0.4, 0.5) is 0 Å². The molecule has 1 heteroatoms. The Bertz CT molecular complexity index is 203. The molecular formula is C10H14O. The van der Waals surface area contributed by atoms with Crippen molar-refractivity contribution in [2.24, 2.45) is 11.8 Å². The van der Waals surface area contributed by atoms with E-state index >= 15 is 0 Å². The number of fused-ring (bicyclic) bond motifs is 1. The van der Waals surface area contributed by atoms with Gasteiger partial charge in [0.2, 0.25) is 0 Å². The Morgan fingerprint density at radius 3 is 3.18 bits per heavy atom. The summed E-state index contributed by atoms with van der Waals surface area (Å²) in [5, 5.41) is 8.92. The van der Waals surface area contributed by atoms with Gasteiger partial charge in [-0.25, -0.2) is 0 Å². The van der Waals surface area contributed by atoms with Crippen LogP contribution in [0, 0.1) is 11.8 Å². The summed E-state index contributed by atoms with van der Waals surface area (Å²) >= 11 is 0. The first-order chi connectivity index (χ1) is 5.40. The van der Waals surface area contributed by atoms with Crippen molar-refractivity contribution in [2.75, 3.05) is 6.61 Å². The van der Waals surface area contributed by atoms with Crippen LogP contribution in [-0.4, -0.2) is 11.7 Å². The molecule has 0 aromatic heterocycles. The zero-order chi connectivity index (χ0) is 7.68. The van der Waals surface area contributed by atoms with Crippen LogP contribution in [-0.2, 0) is 0 Å². The lowest BCUT2D eigenvalue weighted by molar-refractivity contribution is 0.302. The average Bonchev–Trinajstić information content (AvgIpc) is 2.50. The third kappa shape index (κ3) is 1.25. The monoisotopic (exact) mass is 150 g/mol. The molecule has 1 N–H and O–H groups in total. The van der Waals surface area contributed by atoms with E-state index in [-0.39, 0.29) is 6.61 Å². The van der Waals surface area contributed by atoms with Gasteiger partial charge in [0.15, 0.2) is 0 Å². The maximum Gasteiger partial charge on any atom is 0.0641 e. The lowest BCUT2D eigenvalue weighted by Gasteiger charge is -2.24. The molecule has 0 spiro atoms. The van der Waals surface area contributed by atoms with Crippen LogP contribution in [0.15, 0.2) is 23.8 Å². The second-order valence-corrected chi connectivity index (χ2v) is 3.55. The molecule has 0 saturated carbocycles. The van der Waals surface area contributed by atoms with Crippen molar-refractivity contribution in [3.8, 4) is 0 Å². The molecule has 0 aromatic rings. The van der Waals surface area contributed by atoms with E-state index in [1.165, 1.54) is 12.0 Å². The van der Waals surface area contributed by atoms with E-state index in [1.54, 1.807) is 0 Å². The molecule has 0 aliphatic heterocycles. The highest BCUT2D eigenvalue weighted by atomic mass is 16.3. The number of hydrogen-bond acceptors (Lipinski definition) is 1. The van der Waals surface area contributed by atoms with Gasteiger partial charge in [0.1, 0.15) is 0 Å². The molecule has 2 aliphatic rings. The molecule has 2 atom stereocenters. The summed E-state index contributed by atoms with van der Waals surface area (Å²) in [5.74, 6) is 1.59. The van der Waals surface area contributed by atoms with E-state index in [0.717, 1.165) is 24.7 Å². The van der Waals surface area contributed by atoms with Crippen molar-refractivity contribution >= 4 is 0 Å². The van der Waals surface area contributed by atoms with Crippen molar-refractivity contribution in [3.05, 3.63) is 23.8 Å². The van der Waals surface area contributed by atoms with E-state index in [1.807, 2.05) is 0 Å². The van der Waals surface area contributed by atoms with Gasteiger partial charge in [-0.15, -0.1) is 0 Å². The van der Waals surface area contributed by atoms with E-state index in [2.05, 4.69) is 18.2 Å². The van der Waals surface area contributed by atoms with Crippen molar-refractivity contribution in [1.82, 2.24) is 0 Å². The lowest BCUT2D eigenvalue weighted by Crippen LogP contribution is -2.14. The number of rotatable bonds is 1. The zero-order valence-electron chi connectivity index (χ0n) is 6.66. The van der Waals surface area contributed by atoms with Gasteiger partial charge in [-0.2, -0.15) is 0 Å². The van der Waals surface area contributed by atoms with Crippen molar-refractivity contribution in [1.29, 1.82) is 0 Å². The Morgan fingerprint density at radius 1 is 1.45 bits per heavy atom. The average molecular weight is 150 g/mol. The van der Waals surface area contributed by atoms with Crippen LogP contribution in [0.2, 0.25) is 0 Å². The van der Waals surface area contributed by atoms with E-state index in [9.17, 15) is 0 Å². The topological polar surface area (TPSA) is 20.2 Å². The summed E-state index contributed by atoms with van der Waals surface area (Å²) in [6.07, 6.45) is 10.3. The molecule has 11 heavy (non-hydrogen) atoms. The second kappa shape index (κ2) is 2.82. The lowest BCUT2D eigenvalue weighted by atomic mass is 9.82. The normalized spacial score (nSPS) is 35.2. The third-order valence-corrected chi connectivity index (χ3v) is 2.83. The maximum atomic E-state index is 8.92. The number of hydrogen-bond donors (Lipinski definition) is 1. The Morgan fingerprint density at radius 2 is 2.36 bits per heavy atom. The van der Waals surface area contributed by atoms with Crippen molar-refractivity contribution in [2.45, 2.75) is 19.3 Å². The first-order valence-corrected chi connectivity index (χ1v) is 4.35. The fourth-order valence-corrected chi connectivity index (χ4v) is 2.12. The molecule has 2 rings (SSSR count). The fourth-order valence-electron chi connectivity index (χ4n) is 2.12. The highest BCUT2D eigenvalue weighted by Crippen LogP contribution is 2.36. The minimum Gasteiger partial charge on any atom is -0.392 e. The zero-order valence-corrected chi connectivity index (χ0v) is 6.66.